The molecule has 0 aliphatic carbocycles. The molecule has 26 heavy (non-hydrogen) atoms. The van der Waals surface area contributed by atoms with Crippen LogP contribution in [0.1, 0.15) is 23.3 Å². The molecule has 1 unspecified atom stereocenters. The topological polar surface area (TPSA) is 75.6 Å². The standard InChI is InChI=1S/C17H17FN4O3S/c18-12-3-1-4-13(7-12)22-11-17(25-8-15(22)23)5-2-6-21(10-17)16(24)14-9-26-20-19-14/h1,3-4,7,9H,2,5-6,8,10-11H2. The molecule has 136 valence electrons. The van der Waals surface area contributed by atoms with Crippen molar-refractivity contribution in [3.05, 3.63) is 41.2 Å². The van der Waals surface area contributed by atoms with Crippen molar-refractivity contribution in [2.24, 2.45) is 0 Å². The van der Waals surface area contributed by atoms with Gasteiger partial charge in [0.2, 0.25) is 0 Å². The molecule has 1 aromatic carbocycles. The minimum absolute atomic E-state index is 0.0865. The average molecular weight is 376 g/mol. The second kappa shape index (κ2) is 6.73. The van der Waals surface area contributed by atoms with Gasteiger partial charge in [-0.3, -0.25) is 9.59 Å². The number of carbonyl (C=O) groups is 2. The number of halogens is 1. The summed E-state index contributed by atoms with van der Waals surface area (Å²) in [4.78, 5) is 28.1. The number of piperidine rings is 1. The fourth-order valence-corrected chi connectivity index (χ4v) is 3.96. The molecule has 1 spiro atoms. The van der Waals surface area contributed by atoms with Gasteiger partial charge in [-0.1, -0.05) is 10.6 Å². The molecule has 1 aromatic heterocycles. The molecule has 2 saturated heterocycles. The Morgan fingerprint density at radius 2 is 2.23 bits per heavy atom. The summed E-state index contributed by atoms with van der Waals surface area (Å²) < 4.78 is 23.2. The fraction of sp³-hybridized carbons (Fsp3) is 0.412. The quantitative estimate of drug-likeness (QED) is 0.798. The minimum Gasteiger partial charge on any atom is -0.361 e. The number of hydrogen-bond acceptors (Lipinski definition) is 6. The van der Waals surface area contributed by atoms with E-state index in [2.05, 4.69) is 9.59 Å². The van der Waals surface area contributed by atoms with Crippen LogP contribution in [0.25, 0.3) is 0 Å². The lowest BCUT2D eigenvalue weighted by Crippen LogP contribution is -2.62. The van der Waals surface area contributed by atoms with E-state index in [9.17, 15) is 14.0 Å². The molecule has 0 N–H and O–H groups in total. The Bertz CT molecular complexity index is 831. The van der Waals surface area contributed by atoms with E-state index in [1.54, 1.807) is 27.3 Å². The lowest BCUT2D eigenvalue weighted by atomic mass is 9.90. The normalized spacial score (nSPS) is 23.5. The molecule has 0 bridgehead atoms. The highest BCUT2D eigenvalue weighted by Crippen LogP contribution is 2.32. The zero-order valence-electron chi connectivity index (χ0n) is 13.9. The molecule has 2 aromatic rings. The Labute approximate surface area is 153 Å². The predicted molar refractivity (Wildman–Crippen MR) is 92.5 cm³/mol. The summed E-state index contributed by atoms with van der Waals surface area (Å²) in [6, 6.07) is 5.95. The van der Waals surface area contributed by atoms with Crippen LogP contribution in [0.15, 0.2) is 29.6 Å². The number of hydrogen-bond donors (Lipinski definition) is 0. The molecule has 2 amide bonds. The van der Waals surface area contributed by atoms with Gasteiger partial charge in [0.25, 0.3) is 11.8 Å². The van der Waals surface area contributed by atoms with Crippen LogP contribution in [-0.2, 0) is 9.53 Å². The van der Waals surface area contributed by atoms with Crippen molar-refractivity contribution in [3.8, 4) is 0 Å². The smallest absolute Gasteiger partial charge is 0.275 e. The maximum absolute atomic E-state index is 13.6. The number of rotatable bonds is 2. The summed E-state index contributed by atoms with van der Waals surface area (Å²) in [5.74, 6) is -0.795. The zero-order chi connectivity index (χ0) is 18.1. The molecule has 7 nitrogen and oxygen atoms in total. The largest absolute Gasteiger partial charge is 0.361 e. The van der Waals surface area contributed by atoms with Gasteiger partial charge in [-0.15, -0.1) is 5.10 Å². The van der Waals surface area contributed by atoms with Gasteiger partial charge in [-0.05, 0) is 42.6 Å². The first kappa shape index (κ1) is 17.0. The number of carbonyl (C=O) groups excluding carboxylic acids is 2. The number of nitrogens with zero attached hydrogens (tertiary/aromatic N) is 4. The number of ether oxygens (including phenoxy) is 1. The first-order chi connectivity index (χ1) is 12.6. The van der Waals surface area contributed by atoms with Gasteiger partial charge in [0.15, 0.2) is 5.69 Å². The van der Waals surface area contributed by atoms with Gasteiger partial charge < -0.3 is 14.5 Å². The molecule has 1 atom stereocenters. The van der Waals surface area contributed by atoms with E-state index >= 15 is 0 Å². The molecular formula is C17H17FN4O3S. The third-order valence-corrected chi connectivity index (χ3v) is 5.28. The molecular weight excluding hydrogens is 359 g/mol. The number of amides is 2. The van der Waals surface area contributed by atoms with Gasteiger partial charge in [0.05, 0.1) is 13.1 Å². The maximum Gasteiger partial charge on any atom is 0.275 e. The number of likely N-dealkylation sites (tertiary alicyclic amines) is 1. The second-order valence-corrected chi connectivity index (χ2v) is 7.16. The highest BCUT2D eigenvalue weighted by atomic mass is 32.1. The first-order valence-corrected chi connectivity index (χ1v) is 9.16. The zero-order valence-corrected chi connectivity index (χ0v) is 14.7. The van der Waals surface area contributed by atoms with E-state index in [4.69, 9.17) is 4.74 Å². The van der Waals surface area contributed by atoms with Crippen LogP contribution in [0.4, 0.5) is 10.1 Å². The Kier molecular flexibility index (Phi) is 4.41. The summed E-state index contributed by atoms with van der Waals surface area (Å²) in [6.07, 6.45) is 1.49. The number of anilines is 1. The molecule has 0 radical (unpaired) electrons. The van der Waals surface area contributed by atoms with Crippen LogP contribution in [0.2, 0.25) is 0 Å². The molecule has 0 saturated carbocycles. The van der Waals surface area contributed by atoms with Gasteiger partial charge >= 0.3 is 0 Å². The second-order valence-electron chi connectivity index (χ2n) is 6.55. The Hall–Kier alpha value is -2.39. The summed E-state index contributed by atoms with van der Waals surface area (Å²) in [5, 5.41) is 5.46. The maximum atomic E-state index is 13.6. The van der Waals surface area contributed by atoms with E-state index in [0.717, 1.165) is 24.4 Å². The monoisotopic (exact) mass is 376 g/mol. The van der Waals surface area contributed by atoms with Crippen LogP contribution in [0.3, 0.4) is 0 Å². The molecule has 9 heteroatoms. The highest BCUT2D eigenvalue weighted by molar-refractivity contribution is 7.03. The van der Waals surface area contributed by atoms with Gasteiger partial charge in [-0.25, -0.2) is 4.39 Å². The van der Waals surface area contributed by atoms with E-state index in [-0.39, 0.29) is 25.0 Å². The van der Waals surface area contributed by atoms with Crippen LogP contribution in [-0.4, -0.2) is 58.1 Å². The number of aromatic nitrogens is 2. The van der Waals surface area contributed by atoms with Gasteiger partial charge in [-0.2, -0.15) is 0 Å². The van der Waals surface area contributed by atoms with Crippen LogP contribution in [0.5, 0.6) is 0 Å². The van der Waals surface area contributed by atoms with Crippen molar-refractivity contribution in [2.75, 3.05) is 31.1 Å². The fourth-order valence-electron chi connectivity index (χ4n) is 3.53. The van der Waals surface area contributed by atoms with Crippen molar-refractivity contribution in [1.82, 2.24) is 14.5 Å². The summed E-state index contributed by atoms with van der Waals surface area (Å²) in [5.41, 5.74) is 0.170. The molecule has 2 aliphatic rings. The third-order valence-electron chi connectivity index (χ3n) is 4.77. The predicted octanol–water partition coefficient (Wildman–Crippen LogP) is 1.72. The Morgan fingerprint density at radius 1 is 1.35 bits per heavy atom. The van der Waals surface area contributed by atoms with Crippen molar-refractivity contribution in [3.63, 3.8) is 0 Å². The Morgan fingerprint density at radius 3 is 3.00 bits per heavy atom. The third kappa shape index (κ3) is 3.19. The van der Waals surface area contributed by atoms with Crippen LogP contribution < -0.4 is 4.90 Å². The highest BCUT2D eigenvalue weighted by Gasteiger charge is 2.44. The lowest BCUT2D eigenvalue weighted by molar-refractivity contribution is -0.144. The first-order valence-electron chi connectivity index (χ1n) is 8.33. The van der Waals surface area contributed by atoms with Crippen molar-refractivity contribution < 1.29 is 18.7 Å². The Balaban J connectivity index is 1.55. The SMILES string of the molecule is O=C(c1csnn1)N1CCCC2(C1)CN(c1cccc(F)c1)C(=O)CO2. The molecule has 2 aliphatic heterocycles. The minimum atomic E-state index is -0.655. The van der Waals surface area contributed by atoms with Gasteiger partial charge in [0, 0.05) is 17.6 Å². The van der Waals surface area contributed by atoms with Crippen LogP contribution in [0, 0.1) is 5.82 Å². The van der Waals surface area contributed by atoms with E-state index < -0.39 is 11.4 Å². The van der Waals surface area contributed by atoms with Crippen molar-refractivity contribution in [1.29, 1.82) is 0 Å². The van der Waals surface area contributed by atoms with Crippen molar-refractivity contribution >= 4 is 29.0 Å². The molecule has 4 rings (SSSR count). The average Bonchev–Trinajstić information content (AvgIpc) is 3.18. The molecule has 2 fully saturated rings. The van der Waals surface area contributed by atoms with E-state index in [1.807, 2.05) is 0 Å². The summed E-state index contributed by atoms with van der Waals surface area (Å²) in [6.45, 7) is 1.17. The van der Waals surface area contributed by atoms with E-state index in [0.29, 0.717) is 24.5 Å². The van der Waals surface area contributed by atoms with E-state index in [1.165, 1.54) is 12.1 Å². The summed E-state index contributed by atoms with van der Waals surface area (Å²) >= 11 is 1.13. The summed E-state index contributed by atoms with van der Waals surface area (Å²) in [7, 11) is 0. The van der Waals surface area contributed by atoms with Crippen LogP contribution >= 0.6 is 11.5 Å². The number of morpholine rings is 1. The van der Waals surface area contributed by atoms with Gasteiger partial charge in [0.1, 0.15) is 18.0 Å². The van der Waals surface area contributed by atoms with Crippen molar-refractivity contribution in [2.45, 2.75) is 18.4 Å². The number of benzene rings is 1. The molecule has 3 heterocycles. The lowest BCUT2D eigenvalue weighted by Gasteiger charge is -2.47.